The lowest BCUT2D eigenvalue weighted by Gasteiger charge is -2.15. The van der Waals surface area contributed by atoms with E-state index in [1.165, 1.54) is 22.1 Å². The summed E-state index contributed by atoms with van der Waals surface area (Å²) in [6.07, 6.45) is 5.28. The summed E-state index contributed by atoms with van der Waals surface area (Å²) >= 11 is 4.51. The van der Waals surface area contributed by atoms with Crippen molar-refractivity contribution in [1.82, 2.24) is 13.9 Å². The van der Waals surface area contributed by atoms with E-state index in [4.69, 9.17) is 0 Å². The van der Waals surface area contributed by atoms with Crippen LogP contribution < -0.4 is 0 Å². The fourth-order valence-electron chi connectivity index (χ4n) is 2.47. The van der Waals surface area contributed by atoms with Gasteiger partial charge in [0.1, 0.15) is 10.0 Å². The van der Waals surface area contributed by atoms with Crippen LogP contribution in [0.25, 0.3) is 0 Å². The molecular formula is C13H16BrN3O2S2. The number of aryl methyl sites for hydroxylation is 2. The molecule has 0 fully saturated rings. The molecule has 2 aromatic heterocycles. The number of hydrogen-bond donors (Lipinski definition) is 0. The number of rotatable bonds is 4. The first kappa shape index (κ1) is 15.2. The SMILES string of the molecule is CN(Cc1cn2c(n1)CCCC2)S(=O)(=O)c1sccc1Br. The summed E-state index contributed by atoms with van der Waals surface area (Å²) in [6, 6.07) is 1.75. The Kier molecular flexibility index (Phi) is 4.22. The van der Waals surface area contributed by atoms with Crippen LogP contribution in [-0.4, -0.2) is 29.3 Å². The Balaban J connectivity index is 1.81. The van der Waals surface area contributed by atoms with Crippen molar-refractivity contribution in [2.75, 3.05) is 7.05 Å². The van der Waals surface area contributed by atoms with Crippen LogP contribution in [0.3, 0.4) is 0 Å². The van der Waals surface area contributed by atoms with Crippen molar-refractivity contribution < 1.29 is 8.42 Å². The summed E-state index contributed by atoms with van der Waals surface area (Å²) in [5, 5.41) is 1.76. The molecule has 0 spiro atoms. The fourth-order valence-corrected chi connectivity index (χ4v) is 6.11. The Bertz CT molecular complexity index is 728. The van der Waals surface area contributed by atoms with Crippen molar-refractivity contribution in [2.45, 2.75) is 36.6 Å². The molecule has 0 N–H and O–H groups in total. The van der Waals surface area contributed by atoms with Crippen LogP contribution >= 0.6 is 27.3 Å². The minimum atomic E-state index is -3.47. The van der Waals surface area contributed by atoms with Crippen molar-refractivity contribution in [3.63, 3.8) is 0 Å². The molecule has 0 unspecified atom stereocenters. The summed E-state index contributed by atoms with van der Waals surface area (Å²) in [6.45, 7) is 1.28. The van der Waals surface area contributed by atoms with Gasteiger partial charge in [0.2, 0.25) is 0 Å². The van der Waals surface area contributed by atoms with Gasteiger partial charge in [-0.25, -0.2) is 13.4 Å². The standard InChI is InChI=1S/C13H16BrN3O2S2/c1-16(21(18,19)13-11(14)5-7-20-13)8-10-9-17-6-3-2-4-12(17)15-10/h5,7,9H,2-4,6,8H2,1H3. The molecule has 8 heteroatoms. The molecule has 0 amide bonds. The van der Waals surface area contributed by atoms with E-state index in [1.54, 1.807) is 18.5 Å². The molecule has 0 atom stereocenters. The predicted molar refractivity (Wildman–Crippen MR) is 85.8 cm³/mol. The van der Waals surface area contributed by atoms with E-state index in [0.29, 0.717) is 15.2 Å². The Morgan fingerprint density at radius 2 is 2.29 bits per heavy atom. The Labute approximate surface area is 136 Å². The maximum absolute atomic E-state index is 12.5. The van der Waals surface area contributed by atoms with Crippen LogP contribution in [0.2, 0.25) is 0 Å². The third kappa shape index (κ3) is 2.94. The molecule has 0 aliphatic carbocycles. The average molecular weight is 390 g/mol. The third-order valence-electron chi connectivity index (χ3n) is 3.57. The molecular weight excluding hydrogens is 374 g/mol. The second-order valence-corrected chi connectivity index (χ2v) is 9.13. The lowest BCUT2D eigenvalue weighted by molar-refractivity contribution is 0.464. The van der Waals surface area contributed by atoms with Crippen LogP contribution in [0.5, 0.6) is 0 Å². The monoisotopic (exact) mass is 389 g/mol. The summed E-state index contributed by atoms with van der Waals surface area (Å²) in [4.78, 5) is 4.56. The van der Waals surface area contributed by atoms with E-state index >= 15 is 0 Å². The lowest BCUT2D eigenvalue weighted by atomic mass is 10.2. The van der Waals surface area contributed by atoms with Crippen LogP contribution in [0.15, 0.2) is 26.3 Å². The zero-order valence-corrected chi connectivity index (χ0v) is 14.8. The maximum Gasteiger partial charge on any atom is 0.253 e. The quantitative estimate of drug-likeness (QED) is 0.807. The fraction of sp³-hybridized carbons (Fsp3) is 0.462. The second kappa shape index (κ2) is 5.83. The van der Waals surface area contributed by atoms with Crippen LogP contribution in [0.4, 0.5) is 0 Å². The molecule has 1 aliphatic heterocycles. The number of imidazole rings is 1. The zero-order valence-electron chi connectivity index (χ0n) is 11.6. The molecule has 3 heterocycles. The van der Waals surface area contributed by atoms with Crippen molar-refractivity contribution in [3.05, 3.63) is 33.6 Å². The van der Waals surface area contributed by atoms with E-state index in [2.05, 4.69) is 25.5 Å². The summed E-state index contributed by atoms with van der Waals surface area (Å²) in [7, 11) is -1.87. The molecule has 114 valence electrons. The van der Waals surface area contributed by atoms with Gasteiger partial charge in [0.05, 0.1) is 12.2 Å². The molecule has 0 radical (unpaired) electrons. The van der Waals surface area contributed by atoms with Crippen LogP contribution in [0, 0.1) is 0 Å². The number of nitrogens with zero attached hydrogens (tertiary/aromatic N) is 3. The molecule has 0 saturated carbocycles. The van der Waals surface area contributed by atoms with Gasteiger partial charge in [-0.15, -0.1) is 11.3 Å². The van der Waals surface area contributed by atoms with Gasteiger partial charge >= 0.3 is 0 Å². The first-order valence-electron chi connectivity index (χ1n) is 6.73. The Morgan fingerprint density at radius 3 is 2.95 bits per heavy atom. The van der Waals surface area contributed by atoms with Crippen LogP contribution in [-0.2, 0) is 29.5 Å². The number of aromatic nitrogens is 2. The van der Waals surface area contributed by atoms with Crippen molar-refractivity contribution in [3.8, 4) is 0 Å². The summed E-state index contributed by atoms with van der Waals surface area (Å²) in [5.74, 6) is 1.07. The first-order valence-corrected chi connectivity index (χ1v) is 9.84. The van der Waals surface area contributed by atoms with Crippen molar-refractivity contribution in [1.29, 1.82) is 0 Å². The van der Waals surface area contributed by atoms with Gasteiger partial charge in [-0.05, 0) is 40.2 Å². The zero-order chi connectivity index (χ0) is 15.0. The van der Waals surface area contributed by atoms with Gasteiger partial charge in [-0.3, -0.25) is 0 Å². The molecule has 0 bridgehead atoms. The van der Waals surface area contributed by atoms with Gasteiger partial charge in [-0.1, -0.05) is 0 Å². The van der Waals surface area contributed by atoms with E-state index < -0.39 is 10.0 Å². The topological polar surface area (TPSA) is 55.2 Å². The number of hydrogen-bond acceptors (Lipinski definition) is 4. The summed E-state index contributed by atoms with van der Waals surface area (Å²) in [5.41, 5.74) is 0.811. The smallest absolute Gasteiger partial charge is 0.253 e. The first-order chi connectivity index (χ1) is 9.98. The molecule has 0 aromatic carbocycles. The highest BCUT2D eigenvalue weighted by atomic mass is 79.9. The lowest BCUT2D eigenvalue weighted by Crippen LogP contribution is -2.26. The number of sulfonamides is 1. The van der Waals surface area contributed by atoms with Gasteiger partial charge in [0.25, 0.3) is 10.0 Å². The highest BCUT2D eigenvalue weighted by molar-refractivity contribution is 9.10. The minimum absolute atomic E-state index is 0.298. The van der Waals surface area contributed by atoms with Crippen LogP contribution in [0.1, 0.15) is 24.4 Å². The van der Waals surface area contributed by atoms with Crippen molar-refractivity contribution in [2.24, 2.45) is 0 Å². The highest BCUT2D eigenvalue weighted by Gasteiger charge is 2.26. The molecule has 21 heavy (non-hydrogen) atoms. The average Bonchev–Trinajstić information content (AvgIpc) is 3.04. The van der Waals surface area contributed by atoms with E-state index in [0.717, 1.165) is 30.9 Å². The molecule has 1 aliphatic rings. The molecule has 0 saturated heterocycles. The number of fused-ring (bicyclic) bond motifs is 1. The maximum atomic E-state index is 12.5. The van der Waals surface area contributed by atoms with E-state index in [1.807, 2.05) is 6.20 Å². The van der Waals surface area contributed by atoms with Gasteiger partial charge in [0, 0.05) is 30.7 Å². The molecule has 2 aromatic rings. The van der Waals surface area contributed by atoms with E-state index in [9.17, 15) is 8.42 Å². The Hall–Kier alpha value is -0.700. The normalized spacial score (nSPS) is 15.4. The molecule has 5 nitrogen and oxygen atoms in total. The number of halogens is 1. The Morgan fingerprint density at radius 1 is 1.48 bits per heavy atom. The predicted octanol–water partition coefficient (Wildman–Crippen LogP) is 2.86. The number of thiophene rings is 1. The summed E-state index contributed by atoms with van der Waals surface area (Å²) < 4.78 is 29.5. The van der Waals surface area contributed by atoms with Crippen molar-refractivity contribution >= 4 is 37.3 Å². The van der Waals surface area contributed by atoms with Gasteiger partial charge in [0.15, 0.2) is 0 Å². The third-order valence-corrected chi connectivity index (χ3v) is 8.02. The van der Waals surface area contributed by atoms with E-state index in [-0.39, 0.29) is 0 Å². The highest BCUT2D eigenvalue weighted by Crippen LogP contribution is 2.30. The minimum Gasteiger partial charge on any atom is -0.335 e. The van der Waals surface area contributed by atoms with Gasteiger partial charge < -0.3 is 4.57 Å². The molecule has 3 rings (SSSR count). The second-order valence-electron chi connectivity index (χ2n) is 5.12. The largest absolute Gasteiger partial charge is 0.335 e. The van der Waals surface area contributed by atoms with Gasteiger partial charge in [-0.2, -0.15) is 4.31 Å².